The number of rotatable bonds is 8. The van der Waals surface area contributed by atoms with Crippen molar-refractivity contribution >= 4 is 60.2 Å². The molecule has 0 fully saturated rings. The van der Waals surface area contributed by atoms with Crippen LogP contribution in [-0.4, -0.2) is 56.6 Å². The van der Waals surface area contributed by atoms with E-state index >= 15 is 0 Å². The summed E-state index contributed by atoms with van der Waals surface area (Å²) in [7, 11) is -8.86. The smallest absolute Gasteiger partial charge is 0.748 e. The van der Waals surface area contributed by atoms with E-state index < -0.39 is 26.0 Å². The Morgan fingerprint density at radius 1 is 1.09 bits per heavy atom. The molecule has 0 bridgehead atoms. The van der Waals surface area contributed by atoms with Crippen molar-refractivity contribution in [2.24, 2.45) is 10.2 Å². The molecule has 0 unspecified atom stereocenters. The van der Waals surface area contributed by atoms with E-state index in [0.29, 0.717) is 5.69 Å². The van der Waals surface area contributed by atoms with Crippen LogP contribution in [0.1, 0.15) is 0 Å². The average Bonchev–Trinajstić information content (AvgIpc) is 3.25. The molecule has 19 heteroatoms. The number of hydrogen-bond donors (Lipinski definition) is 1. The van der Waals surface area contributed by atoms with Crippen LogP contribution in [0.15, 0.2) is 50.7 Å². The maximum absolute atomic E-state index is 11.0. The van der Waals surface area contributed by atoms with Gasteiger partial charge in [-0.2, -0.15) is 14.5 Å². The Balaban J connectivity index is 0.00000256. The molecule has 32 heavy (non-hydrogen) atoms. The molecule has 0 atom stereocenters. The standard InChI is InChI=1S/C13H13N7O6S4.2Na/c14-11-10(7-15-20(11)8-1-3-9(4-2-8)30(24,25)26)17-18-12-16-13(19-28-12)27-5-6-29(21,22)23;;/h1-4,7H,5-6,14H2,(H,21,22,23)(H,24,25,26);;/q;2*+1/p-2. The summed E-state index contributed by atoms with van der Waals surface area (Å²) >= 11 is 1.91. The van der Waals surface area contributed by atoms with Gasteiger partial charge in [0.15, 0.2) is 5.82 Å². The molecule has 0 amide bonds. The molecule has 1 aromatic carbocycles. The predicted octanol–water partition coefficient (Wildman–Crippen LogP) is -4.73. The number of hydrogen-bond acceptors (Lipinski definition) is 14. The predicted molar refractivity (Wildman–Crippen MR) is 105 cm³/mol. The van der Waals surface area contributed by atoms with Crippen molar-refractivity contribution < 1.29 is 85.1 Å². The van der Waals surface area contributed by atoms with Crippen LogP contribution in [-0.2, 0) is 20.2 Å². The Labute approximate surface area is 235 Å². The summed E-state index contributed by atoms with van der Waals surface area (Å²) in [6.45, 7) is 0. The van der Waals surface area contributed by atoms with E-state index in [2.05, 4.69) is 24.7 Å². The Morgan fingerprint density at radius 2 is 1.75 bits per heavy atom. The van der Waals surface area contributed by atoms with Crippen molar-refractivity contribution in [3.8, 4) is 5.69 Å². The summed E-state index contributed by atoms with van der Waals surface area (Å²) in [5, 5.41) is 12.3. The molecule has 0 aliphatic rings. The molecule has 0 saturated carbocycles. The normalized spacial score (nSPS) is 11.8. The van der Waals surface area contributed by atoms with Crippen LogP contribution in [0.2, 0.25) is 0 Å². The van der Waals surface area contributed by atoms with Crippen molar-refractivity contribution in [3.05, 3.63) is 30.5 Å². The Bertz CT molecular complexity index is 1290. The molecule has 160 valence electrons. The molecule has 2 aromatic heterocycles. The molecule has 0 aliphatic heterocycles. The van der Waals surface area contributed by atoms with Crippen LogP contribution in [0.25, 0.3) is 5.69 Å². The molecule has 2 heterocycles. The van der Waals surface area contributed by atoms with E-state index in [0.717, 1.165) is 35.4 Å². The summed E-state index contributed by atoms with van der Waals surface area (Å²) in [6.07, 6.45) is 1.33. The molecule has 0 radical (unpaired) electrons. The quantitative estimate of drug-likeness (QED) is 0.125. The first-order chi connectivity index (χ1) is 14.0. The van der Waals surface area contributed by atoms with Gasteiger partial charge in [-0.1, -0.05) is 11.8 Å². The first-order valence-electron chi connectivity index (χ1n) is 7.74. The van der Waals surface area contributed by atoms with E-state index in [1.54, 1.807) is 0 Å². The van der Waals surface area contributed by atoms with Gasteiger partial charge in [0.1, 0.15) is 15.8 Å². The first kappa shape index (κ1) is 29.6. The van der Waals surface area contributed by atoms with Crippen molar-refractivity contribution in [1.29, 1.82) is 0 Å². The minimum Gasteiger partial charge on any atom is -0.748 e. The molecule has 3 rings (SSSR count). The number of aromatic nitrogens is 4. The number of nitrogens with zero attached hydrogens (tertiary/aromatic N) is 6. The van der Waals surface area contributed by atoms with E-state index in [1.807, 2.05) is 0 Å². The van der Waals surface area contributed by atoms with Crippen molar-refractivity contribution in [2.45, 2.75) is 10.1 Å². The third-order valence-electron chi connectivity index (χ3n) is 3.36. The zero-order valence-electron chi connectivity index (χ0n) is 16.6. The van der Waals surface area contributed by atoms with Gasteiger partial charge in [-0.3, -0.25) is 0 Å². The van der Waals surface area contributed by atoms with Crippen LogP contribution in [0.3, 0.4) is 0 Å². The van der Waals surface area contributed by atoms with Crippen LogP contribution in [0, 0.1) is 0 Å². The van der Waals surface area contributed by atoms with Crippen LogP contribution in [0.4, 0.5) is 16.6 Å². The van der Waals surface area contributed by atoms with Gasteiger partial charge in [0.05, 0.1) is 26.9 Å². The molecule has 0 aliphatic carbocycles. The number of nitrogen functional groups attached to an aromatic ring is 1. The molecule has 0 spiro atoms. The molecule has 13 nitrogen and oxygen atoms in total. The van der Waals surface area contributed by atoms with E-state index in [1.165, 1.54) is 23.0 Å². The number of anilines is 1. The largest absolute Gasteiger partial charge is 1.00 e. The van der Waals surface area contributed by atoms with Crippen LogP contribution in [0.5, 0.6) is 0 Å². The fourth-order valence-corrected chi connectivity index (χ4v) is 4.76. The second-order valence-corrected chi connectivity index (χ2v) is 10.1. The maximum atomic E-state index is 11.0. The topological polar surface area (TPSA) is 209 Å². The molecular formula is C13H11N7Na2O6S4. The maximum Gasteiger partial charge on any atom is 1.00 e. The van der Waals surface area contributed by atoms with Gasteiger partial charge in [-0.05, 0) is 24.3 Å². The van der Waals surface area contributed by atoms with Gasteiger partial charge in [-0.15, -0.1) is 10.2 Å². The Hall–Kier alpha value is -0.440. The summed E-state index contributed by atoms with van der Waals surface area (Å²) in [4.78, 5) is 3.65. The SMILES string of the molecule is Nc1c(N=Nc2nc(SCCS(=O)(=O)[O-])ns2)cnn1-c1ccc(S(=O)(=O)[O-])cc1.[Na+].[Na+]. The summed E-state index contributed by atoms with van der Waals surface area (Å²) in [5.74, 6) is -0.410. The van der Waals surface area contributed by atoms with Crippen LogP contribution >= 0.6 is 23.3 Å². The van der Waals surface area contributed by atoms with Crippen molar-refractivity contribution in [3.63, 3.8) is 0 Å². The zero-order valence-corrected chi connectivity index (χ0v) is 23.9. The summed E-state index contributed by atoms with van der Waals surface area (Å²) < 4.78 is 70.0. The monoisotopic (exact) mass is 535 g/mol. The summed E-state index contributed by atoms with van der Waals surface area (Å²) in [6, 6.07) is 5.01. The Kier molecular flexibility index (Phi) is 11.4. The zero-order chi connectivity index (χ0) is 21.9. The fraction of sp³-hybridized carbons (Fsp3) is 0.154. The average molecular weight is 536 g/mol. The van der Waals surface area contributed by atoms with Crippen molar-refractivity contribution in [2.75, 3.05) is 17.2 Å². The van der Waals surface area contributed by atoms with Gasteiger partial charge in [-0.25, -0.2) is 21.5 Å². The number of thioether (sulfide) groups is 1. The van der Waals surface area contributed by atoms with E-state index in [4.69, 9.17) is 5.73 Å². The third-order valence-corrected chi connectivity index (χ3v) is 6.74. The number of benzene rings is 1. The molecular weight excluding hydrogens is 524 g/mol. The molecule has 3 aromatic rings. The number of nitrogens with two attached hydrogens (primary N) is 1. The Morgan fingerprint density at radius 3 is 2.34 bits per heavy atom. The van der Waals surface area contributed by atoms with Gasteiger partial charge in [0.2, 0.25) is 10.3 Å². The van der Waals surface area contributed by atoms with Gasteiger partial charge >= 0.3 is 59.1 Å². The minimum absolute atomic E-state index is 0. The van der Waals surface area contributed by atoms with E-state index in [9.17, 15) is 25.9 Å². The van der Waals surface area contributed by atoms with Crippen molar-refractivity contribution in [1.82, 2.24) is 19.1 Å². The summed E-state index contributed by atoms with van der Waals surface area (Å²) in [5.41, 5.74) is 6.59. The minimum atomic E-state index is -4.56. The number of azo groups is 1. The molecule has 0 saturated heterocycles. The second kappa shape index (κ2) is 12.3. The first-order valence-corrected chi connectivity index (χ1v) is 12.5. The third kappa shape index (κ3) is 8.41. The fourth-order valence-electron chi connectivity index (χ4n) is 2.02. The van der Waals surface area contributed by atoms with E-state index in [-0.39, 0.29) is 91.6 Å². The van der Waals surface area contributed by atoms with Crippen LogP contribution < -0.4 is 64.8 Å². The second-order valence-electron chi connectivity index (χ2n) is 5.44. The molecule has 2 N–H and O–H groups in total. The van der Waals surface area contributed by atoms with Gasteiger partial charge < -0.3 is 14.8 Å². The van der Waals surface area contributed by atoms with Gasteiger partial charge in [0.25, 0.3) is 0 Å². The van der Waals surface area contributed by atoms with Gasteiger partial charge in [0, 0.05) is 23.0 Å².